The van der Waals surface area contributed by atoms with E-state index in [2.05, 4.69) is 4.98 Å². The van der Waals surface area contributed by atoms with E-state index >= 15 is 0 Å². The molecule has 0 N–H and O–H groups in total. The Morgan fingerprint density at radius 3 is 2.79 bits per heavy atom. The third-order valence-electron chi connectivity index (χ3n) is 3.45. The lowest BCUT2D eigenvalue weighted by molar-refractivity contribution is -0.125. The average molecular weight is 377 g/mol. The van der Waals surface area contributed by atoms with Crippen molar-refractivity contribution in [2.45, 2.75) is 6.54 Å². The van der Waals surface area contributed by atoms with Crippen LogP contribution in [0.15, 0.2) is 48.5 Å². The van der Waals surface area contributed by atoms with Crippen molar-refractivity contribution in [2.75, 3.05) is 7.05 Å². The summed E-state index contributed by atoms with van der Waals surface area (Å²) in [6.07, 6.45) is 3.19. The van der Waals surface area contributed by atoms with Gasteiger partial charge in [0.05, 0.1) is 16.8 Å². The highest BCUT2D eigenvalue weighted by Gasteiger charge is 2.10. The van der Waals surface area contributed by atoms with Crippen molar-refractivity contribution in [3.63, 3.8) is 0 Å². The molecule has 24 heavy (non-hydrogen) atoms. The third kappa shape index (κ3) is 3.96. The Hall–Kier alpha value is -1.88. The van der Waals surface area contributed by atoms with Gasteiger partial charge in [-0.25, -0.2) is 4.98 Å². The largest absolute Gasteiger partial charge is 0.335 e. The monoisotopic (exact) mass is 376 g/mol. The molecule has 3 rings (SSSR count). The number of halogens is 2. The summed E-state index contributed by atoms with van der Waals surface area (Å²) in [5, 5.41) is 1.99. The van der Waals surface area contributed by atoms with Crippen molar-refractivity contribution in [3.8, 4) is 0 Å². The quantitative estimate of drug-likeness (QED) is 0.580. The van der Waals surface area contributed by atoms with E-state index in [-0.39, 0.29) is 5.91 Å². The van der Waals surface area contributed by atoms with Gasteiger partial charge in [-0.1, -0.05) is 41.4 Å². The lowest BCUT2D eigenvalue weighted by Gasteiger charge is -2.12. The van der Waals surface area contributed by atoms with Crippen LogP contribution in [0.4, 0.5) is 0 Å². The number of thiazole rings is 1. The SMILES string of the molecule is CN(Cc1nc2ccccc2s1)C(=O)/C=C/c1ccc(Cl)cc1Cl. The fourth-order valence-electron chi connectivity index (χ4n) is 2.19. The Labute approximate surface area is 154 Å². The van der Waals surface area contributed by atoms with Gasteiger partial charge in [0, 0.05) is 23.2 Å². The summed E-state index contributed by atoms with van der Waals surface area (Å²) in [4.78, 5) is 18.4. The zero-order valence-electron chi connectivity index (χ0n) is 12.9. The molecule has 6 heteroatoms. The molecule has 0 saturated heterocycles. The predicted molar refractivity (Wildman–Crippen MR) is 102 cm³/mol. The summed E-state index contributed by atoms with van der Waals surface area (Å²) in [5.74, 6) is -0.111. The Bertz CT molecular complexity index is 887. The first-order chi connectivity index (χ1) is 11.5. The summed E-state index contributed by atoms with van der Waals surface area (Å²) in [6.45, 7) is 0.469. The van der Waals surface area contributed by atoms with Gasteiger partial charge in [0.25, 0.3) is 0 Å². The van der Waals surface area contributed by atoms with Crippen molar-refractivity contribution in [1.29, 1.82) is 0 Å². The molecule has 3 aromatic rings. The van der Waals surface area contributed by atoms with Crippen LogP contribution in [0, 0.1) is 0 Å². The van der Waals surface area contributed by atoms with Crippen LogP contribution >= 0.6 is 34.5 Å². The molecular weight excluding hydrogens is 363 g/mol. The number of amides is 1. The first kappa shape index (κ1) is 17.0. The number of hydrogen-bond acceptors (Lipinski definition) is 3. The van der Waals surface area contributed by atoms with E-state index in [1.807, 2.05) is 24.3 Å². The molecule has 0 fully saturated rings. The second-order valence-electron chi connectivity index (χ2n) is 5.27. The van der Waals surface area contributed by atoms with Gasteiger partial charge in [0.15, 0.2) is 0 Å². The zero-order valence-corrected chi connectivity index (χ0v) is 15.2. The number of hydrogen-bond donors (Lipinski definition) is 0. The lowest BCUT2D eigenvalue weighted by atomic mass is 10.2. The summed E-state index contributed by atoms with van der Waals surface area (Å²) in [7, 11) is 1.75. The molecule has 0 unspecified atom stereocenters. The number of para-hydroxylation sites is 1. The van der Waals surface area contributed by atoms with Crippen LogP contribution in [-0.4, -0.2) is 22.8 Å². The number of likely N-dealkylation sites (N-methyl/N-ethyl adjacent to an activating group) is 1. The van der Waals surface area contributed by atoms with Crippen LogP contribution in [0.2, 0.25) is 10.0 Å². The topological polar surface area (TPSA) is 33.2 Å². The highest BCUT2D eigenvalue weighted by molar-refractivity contribution is 7.18. The maximum absolute atomic E-state index is 12.3. The molecule has 0 spiro atoms. The number of fused-ring (bicyclic) bond motifs is 1. The number of aromatic nitrogens is 1. The molecular formula is C18H14Cl2N2OS. The zero-order chi connectivity index (χ0) is 17.1. The molecule has 0 aliphatic rings. The fraction of sp³-hybridized carbons (Fsp3) is 0.111. The Morgan fingerprint density at radius 2 is 2.04 bits per heavy atom. The normalized spacial score (nSPS) is 11.3. The Balaban J connectivity index is 1.69. The van der Waals surface area contributed by atoms with Gasteiger partial charge in [-0.15, -0.1) is 11.3 Å². The van der Waals surface area contributed by atoms with Crippen molar-refractivity contribution in [3.05, 3.63) is 69.2 Å². The number of rotatable bonds is 4. The second kappa shape index (κ2) is 7.34. The van der Waals surface area contributed by atoms with Gasteiger partial charge in [-0.2, -0.15) is 0 Å². The van der Waals surface area contributed by atoms with Crippen molar-refractivity contribution < 1.29 is 4.79 Å². The lowest BCUT2D eigenvalue weighted by Crippen LogP contribution is -2.23. The van der Waals surface area contributed by atoms with Gasteiger partial charge in [0.1, 0.15) is 5.01 Å². The molecule has 1 aromatic heterocycles. The molecule has 1 heterocycles. The minimum Gasteiger partial charge on any atom is -0.335 e. The van der Waals surface area contributed by atoms with Crippen LogP contribution in [0.25, 0.3) is 16.3 Å². The van der Waals surface area contributed by atoms with E-state index in [1.54, 1.807) is 47.6 Å². The Kier molecular flexibility index (Phi) is 5.19. The molecule has 0 aliphatic heterocycles. The van der Waals surface area contributed by atoms with Crippen molar-refractivity contribution >= 4 is 56.7 Å². The summed E-state index contributed by atoms with van der Waals surface area (Å²) < 4.78 is 1.12. The van der Waals surface area contributed by atoms with E-state index in [9.17, 15) is 4.79 Å². The van der Waals surface area contributed by atoms with E-state index in [1.165, 1.54) is 6.08 Å². The summed E-state index contributed by atoms with van der Waals surface area (Å²) in [6, 6.07) is 13.1. The van der Waals surface area contributed by atoms with Crippen LogP contribution in [0.3, 0.4) is 0 Å². The van der Waals surface area contributed by atoms with Gasteiger partial charge >= 0.3 is 0 Å². The smallest absolute Gasteiger partial charge is 0.246 e. The van der Waals surface area contributed by atoms with Gasteiger partial charge in [0.2, 0.25) is 5.91 Å². The number of benzene rings is 2. The molecule has 0 bridgehead atoms. The minimum absolute atomic E-state index is 0.111. The van der Waals surface area contributed by atoms with Crippen LogP contribution in [0.1, 0.15) is 10.6 Å². The van der Waals surface area contributed by atoms with Crippen molar-refractivity contribution in [2.24, 2.45) is 0 Å². The van der Waals surface area contributed by atoms with Gasteiger partial charge in [-0.05, 0) is 35.9 Å². The molecule has 0 aliphatic carbocycles. The molecule has 1 amide bonds. The van der Waals surface area contributed by atoms with Gasteiger partial charge < -0.3 is 4.90 Å². The van der Waals surface area contributed by atoms with Crippen LogP contribution < -0.4 is 0 Å². The second-order valence-corrected chi connectivity index (χ2v) is 7.23. The standard InChI is InChI=1S/C18H14Cl2N2OS/c1-22(11-17-21-15-4-2-3-5-16(15)24-17)18(23)9-7-12-6-8-13(19)10-14(12)20/h2-10H,11H2,1H3/b9-7+. The fourth-order valence-corrected chi connectivity index (χ4v) is 3.69. The summed E-state index contributed by atoms with van der Waals surface area (Å²) >= 11 is 13.6. The number of carbonyl (C=O) groups is 1. The number of nitrogens with zero attached hydrogens (tertiary/aromatic N) is 2. The molecule has 3 nitrogen and oxygen atoms in total. The van der Waals surface area contributed by atoms with Crippen LogP contribution in [0.5, 0.6) is 0 Å². The van der Waals surface area contributed by atoms with Crippen molar-refractivity contribution in [1.82, 2.24) is 9.88 Å². The molecule has 0 saturated carbocycles. The molecule has 2 aromatic carbocycles. The van der Waals surface area contributed by atoms with E-state index in [0.29, 0.717) is 16.6 Å². The maximum Gasteiger partial charge on any atom is 0.246 e. The van der Waals surface area contributed by atoms with E-state index < -0.39 is 0 Å². The average Bonchev–Trinajstić information content (AvgIpc) is 2.95. The highest BCUT2D eigenvalue weighted by Crippen LogP contribution is 2.23. The summed E-state index contributed by atoms with van der Waals surface area (Å²) in [5.41, 5.74) is 1.71. The number of carbonyl (C=O) groups excluding carboxylic acids is 1. The first-order valence-electron chi connectivity index (χ1n) is 7.25. The first-order valence-corrected chi connectivity index (χ1v) is 8.83. The molecule has 0 atom stereocenters. The molecule has 0 radical (unpaired) electrons. The molecule has 122 valence electrons. The third-order valence-corrected chi connectivity index (χ3v) is 5.04. The highest BCUT2D eigenvalue weighted by atomic mass is 35.5. The predicted octanol–water partition coefficient (Wildman–Crippen LogP) is 5.27. The van der Waals surface area contributed by atoms with Gasteiger partial charge in [-0.3, -0.25) is 4.79 Å². The van der Waals surface area contributed by atoms with Crippen LogP contribution in [-0.2, 0) is 11.3 Å². The van der Waals surface area contributed by atoms with E-state index in [4.69, 9.17) is 23.2 Å². The van der Waals surface area contributed by atoms with E-state index in [0.717, 1.165) is 20.8 Å². The minimum atomic E-state index is -0.111. The Morgan fingerprint density at radius 1 is 1.25 bits per heavy atom. The maximum atomic E-state index is 12.3.